The van der Waals surface area contributed by atoms with Gasteiger partial charge in [-0.2, -0.15) is 0 Å². The molecular formula is C18H21N3OS. The molecule has 0 aliphatic carbocycles. The number of hydrogen-bond acceptors (Lipinski definition) is 4. The SMILES string of the molecule is NCCCNC(=O)CCN1c2ccccc2Sc2ccccc21. The van der Waals surface area contributed by atoms with E-state index in [2.05, 4.69) is 46.6 Å². The van der Waals surface area contributed by atoms with Crippen molar-refractivity contribution in [3.63, 3.8) is 0 Å². The van der Waals surface area contributed by atoms with Crippen LogP contribution in [0.25, 0.3) is 0 Å². The fourth-order valence-corrected chi connectivity index (χ4v) is 3.75. The number of para-hydroxylation sites is 2. The summed E-state index contributed by atoms with van der Waals surface area (Å²) >= 11 is 1.78. The Hall–Kier alpha value is -1.98. The Morgan fingerprint density at radius 1 is 1.04 bits per heavy atom. The van der Waals surface area contributed by atoms with E-state index in [4.69, 9.17) is 5.73 Å². The number of amides is 1. The lowest BCUT2D eigenvalue weighted by atomic mass is 10.2. The molecule has 0 unspecified atom stereocenters. The van der Waals surface area contributed by atoms with Crippen LogP contribution in [0.5, 0.6) is 0 Å². The Kier molecular flexibility index (Phi) is 5.20. The minimum absolute atomic E-state index is 0.0756. The third kappa shape index (κ3) is 3.68. The van der Waals surface area contributed by atoms with Crippen molar-refractivity contribution in [2.75, 3.05) is 24.5 Å². The van der Waals surface area contributed by atoms with E-state index < -0.39 is 0 Å². The predicted octanol–water partition coefficient (Wildman–Crippen LogP) is 3.14. The van der Waals surface area contributed by atoms with Gasteiger partial charge in [0.15, 0.2) is 0 Å². The van der Waals surface area contributed by atoms with Crippen LogP contribution in [0.1, 0.15) is 12.8 Å². The Labute approximate surface area is 141 Å². The summed E-state index contributed by atoms with van der Waals surface area (Å²) in [6.45, 7) is 1.92. The van der Waals surface area contributed by atoms with Gasteiger partial charge >= 0.3 is 0 Å². The maximum absolute atomic E-state index is 12.0. The Balaban J connectivity index is 1.75. The highest BCUT2D eigenvalue weighted by atomic mass is 32.2. The fraction of sp³-hybridized carbons (Fsp3) is 0.278. The number of benzene rings is 2. The molecular weight excluding hydrogens is 306 g/mol. The number of nitrogens with one attached hydrogen (secondary N) is 1. The van der Waals surface area contributed by atoms with Gasteiger partial charge < -0.3 is 16.0 Å². The minimum atomic E-state index is 0.0756. The van der Waals surface area contributed by atoms with E-state index in [0.29, 0.717) is 26.1 Å². The van der Waals surface area contributed by atoms with Crippen molar-refractivity contribution in [3.05, 3.63) is 48.5 Å². The van der Waals surface area contributed by atoms with E-state index in [-0.39, 0.29) is 5.91 Å². The topological polar surface area (TPSA) is 58.4 Å². The van der Waals surface area contributed by atoms with E-state index in [1.807, 2.05) is 12.1 Å². The van der Waals surface area contributed by atoms with Crippen LogP contribution in [0.15, 0.2) is 58.3 Å². The first-order valence-corrected chi connectivity index (χ1v) is 8.71. The maximum atomic E-state index is 12.0. The second kappa shape index (κ2) is 7.53. The predicted molar refractivity (Wildman–Crippen MR) is 95.3 cm³/mol. The van der Waals surface area contributed by atoms with Crippen LogP contribution in [0, 0.1) is 0 Å². The second-order valence-corrected chi connectivity index (χ2v) is 6.52. The number of hydrogen-bond donors (Lipinski definition) is 2. The lowest BCUT2D eigenvalue weighted by Crippen LogP contribution is -2.30. The number of carbonyl (C=O) groups is 1. The molecule has 0 bridgehead atoms. The smallest absolute Gasteiger partial charge is 0.221 e. The molecule has 0 fully saturated rings. The standard InChI is InChI=1S/C18H21N3OS/c19-11-5-12-20-18(22)10-13-21-14-6-1-3-8-16(14)23-17-9-4-2-7-15(17)21/h1-4,6-9H,5,10-13,19H2,(H,20,22). The van der Waals surface area contributed by atoms with Crippen molar-refractivity contribution in [2.24, 2.45) is 5.73 Å². The van der Waals surface area contributed by atoms with E-state index in [1.165, 1.54) is 21.2 Å². The number of fused-ring (bicyclic) bond motifs is 2. The molecule has 0 saturated heterocycles. The highest BCUT2D eigenvalue weighted by Crippen LogP contribution is 2.47. The van der Waals surface area contributed by atoms with Crippen molar-refractivity contribution < 1.29 is 4.79 Å². The third-order valence-corrected chi connectivity index (χ3v) is 4.93. The number of anilines is 2. The third-order valence-electron chi connectivity index (χ3n) is 3.80. The Morgan fingerprint density at radius 3 is 2.26 bits per heavy atom. The minimum Gasteiger partial charge on any atom is -0.356 e. The van der Waals surface area contributed by atoms with Gasteiger partial charge in [-0.25, -0.2) is 0 Å². The molecule has 4 nitrogen and oxygen atoms in total. The van der Waals surface area contributed by atoms with Crippen LogP contribution in [-0.4, -0.2) is 25.5 Å². The van der Waals surface area contributed by atoms with Gasteiger partial charge in [-0.05, 0) is 37.2 Å². The van der Waals surface area contributed by atoms with Gasteiger partial charge in [-0.1, -0.05) is 36.0 Å². The molecule has 0 atom stereocenters. The molecule has 0 spiro atoms. The van der Waals surface area contributed by atoms with E-state index in [9.17, 15) is 4.79 Å². The quantitative estimate of drug-likeness (QED) is 0.800. The second-order valence-electron chi connectivity index (χ2n) is 5.43. The van der Waals surface area contributed by atoms with E-state index in [0.717, 1.165) is 6.42 Å². The first-order valence-electron chi connectivity index (χ1n) is 7.90. The molecule has 0 radical (unpaired) electrons. The monoisotopic (exact) mass is 327 g/mol. The van der Waals surface area contributed by atoms with Crippen molar-refractivity contribution in [3.8, 4) is 0 Å². The molecule has 0 aromatic heterocycles. The molecule has 2 aromatic rings. The van der Waals surface area contributed by atoms with E-state index in [1.54, 1.807) is 11.8 Å². The Bertz CT molecular complexity index is 644. The normalized spacial score (nSPS) is 12.5. The van der Waals surface area contributed by atoms with Gasteiger partial charge in [0.1, 0.15) is 0 Å². The molecule has 23 heavy (non-hydrogen) atoms. The summed E-state index contributed by atoms with van der Waals surface area (Å²) in [4.78, 5) is 16.7. The summed E-state index contributed by atoms with van der Waals surface area (Å²) < 4.78 is 0. The summed E-state index contributed by atoms with van der Waals surface area (Å²) in [6.07, 6.45) is 1.29. The van der Waals surface area contributed by atoms with Crippen LogP contribution in [0.2, 0.25) is 0 Å². The molecule has 2 aromatic carbocycles. The summed E-state index contributed by atoms with van der Waals surface area (Å²) in [7, 11) is 0. The van der Waals surface area contributed by atoms with Crippen LogP contribution in [0.4, 0.5) is 11.4 Å². The Morgan fingerprint density at radius 2 is 1.65 bits per heavy atom. The molecule has 1 heterocycles. The summed E-state index contributed by atoms with van der Waals surface area (Å²) in [5.41, 5.74) is 7.79. The lowest BCUT2D eigenvalue weighted by molar-refractivity contribution is -0.120. The highest BCUT2D eigenvalue weighted by molar-refractivity contribution is 7.99. The van der Waals surface area contributed by atoms with Crippen molar-refractivity contribution in [2.45, 2.75) is 22.6 Å². The van der Waals surface area contributed by atoms with Crippen molar-refractivity contribution in [1.29, 1.82) is 0 Å². The van der Waals surface area contributed by atoms with E-state index >= 15 is 0 Å². The first kappa shape index (κ1) is 15.9. The van der Waals surface area contributed by atoms with Crippen molar-refractivity contribution >= 4 is 29.0 Å². The first-order chi connectivity index (χ1) is 11.3. The molecule has 0 saturated carbocycles. The zero-order valence-electron chi connectivity index (χ0n) is 13.0. The zero-order valence-corrected chi connectivity index (χ0v) is 13.8. The van der Waals surface area contributed by atoms with Crippen molar-refractivity contribution in [1.82, 2.24) is 5.32 Å². The molecule has 1 aliphatic rings. The lowest BCUT2D eigenvalue weighted by Gasteiger charge is -2.32. The summed E-state index contributed by atoms with van der Waals surface area (Å²) in [5, 5.41) is 2.92. The number of carbonyl (C=O) groups excluding carboxylic acids is 1. The van der Waals surface area contributed by atoms with Gasteiger partial charge in [0.2, 0.25) is 5.91 Å². The van der Waals surface area contributed by atoms with Gasteiger partial charge in [0, 0.05) is 29.3 Å². The number of rotatable bonds is 6. The van der Waals surface area contributed by atoms with Gasteiger partial charge in [-0.15, -0.1) is 0 Å². The average Bonchev–Trinajstić information content (AvgIpc) is 2.59. The maximum Gasteiger partial charge on any atom is 0.221 e. The zero-order chi connectivity index (χ0) is 16.1. The molecule has 1 aliphatic heterocycles. The molecule has 3 rings (SSSR count). The van der Waals surface area contributed by atoms with Crippen LogP contribution < -0.4 is 16.0 Å². The summed E-state index contributed by atoms with van der Waals surface area (Å²) in [6, 6.07) is 16.7. The van der Waals surface area contributed by atoms with Crippen LogP contribution >= 0.6 is 11.8 Å². The molecule has 120 valence electrons. The van der Waals surface area contributed by atoms with Crippen LogP contribution in [-0.2, 0) is 4.79 Å². The average molecular weight is 327 g/mol. The van der Waals surface area contributed by atoms with Gasteiger partial charge in [0.05, 0.1) is 11.4 Å². The summed E-state index contributed by atoms with van der Waals surface area (Å²) in [5.74, 6) is 0.0756. The largest absolute Gasteiger partial charge is 0.356 e. The molecule has 5 heteroatoms. The van der Waals surface area contributed by atoms with Crippen LogP contribution in [0.3, 0.4) is 0 Å². The van der Waals surface area contributed by atoms with Gasteiger partial charge in [0.25, 0.3) is 0 Å². The highest BCUT2D eigenvalue weighted by Gasteiger charge is 2.22. The number of nitrogens with zero attached hydrogens (tertiary/aromatic N) is 1. The number of nitrogens with two attached hydrogens (primary N) is 1. The molecule has 3 N–H and O–H groups in total. The fourth-order valence-electron chi connectivity index (χ4n) is 2.65. The van der Waals surface area contributed by atoms with Gasteiger partial charge in [-0.3, -0.25) is 4.79 Å². The molecule has 1 amide bonds.